The van der Waals surface area contributed by atoms with Gasteiger partial charge in [-0.05, 0) is 25.9 Å². The highest BCUT2D eigenvalue weighted by molar-refractivity contribution is 5.79. The van der Waals surface area contributed by atoms with E-state index in [0.717, 1.165) is 31.7 Å². The molecule has 2 saturated heterocycles. The van der Waals surface area contributed by atoms with Crippen molar-refractivity contribution in [2.24, 2.45) is 5.92 Å². The van der Waals surface area contributed by atoms with Crippen molar-refractivity contribution in [3.05, 3.63) is 47.9 Å². The first-order chi connectivity index (χ1) is 14.5. The van der Waals surface area contributed by atoms with Crippen LogP contribution in [0, 0.1) is 23.4 Å². The summed E-state index contributed by atoms with van der Waals surface area (Å²) in [4.78, 5) is 20.8. The lowest BCUT2D eigenvalue weighted by molar-refractivity contribution is -0.139. The van der Waals surface area contributed by atoms with Crippen molar-refractivity contribution >= 4 is 5.91 Å². The van der Waals surface area contributed by atoms with Gasteiger partial charge in [0.05, 0.1) is 12.7 Å². The molecule has 162 valence electrons. The smallest absolute Gasteiger partial charge is 0.225 e. The summed E-state index contributed by atoms with van der Waals surface area (Å²) in [6.45, 7) is 3.29. The number of halogens is 3. The third kappa shape index (κ3) is 4.77. The molecule has 1 aromatic carbocycles. The van der Waals surface area contributed by atoms with Crippen LogP contribution in [0.25, 0.3) is 0 Å². The van der Waals surface area contributed by atoms with E-state index in [0.29, 0.717) is 44.6 Å². The van der Waals surface area contributed by atoms with Gasteiger partial charge >= 0.3 is 0 Å². The molecule has 0 atom stereocenters. The molecule has 2 aromatic rings. The standard InChI is InChI=1S/C21H24F3N3O3/c22-15-9-18(23)20(19(24)10-15)30-16-3-7-27(8-4-16)21(28)14-1-5-26(6-2-14)12-17-11-25-13-29-17/h9-11,13-14,16H,1-8,12H2. The van der Waals surface area contributed by atoms with Gasteiger partial charge in [0.25, 0.3) is 0 Å². The SMILES string of the molecule is O=C(C1CCN(Cc2cnco2)CC1)N1CCC(Oc2c(F)cc(F)cc2F)CC1. The second-order valence-corrected chi connectivity index (χ2v) is 7.86. The van der Waals surface area contributed by atoms with Crippen molar-refractivity contribution in [1.29, 1.82) is 0 Å². The molecular weight excluding hydrogens is 399 g/mol. The van der Waals surface area contributed by atoms with E-state index in [2.05, 4.69) is 9.88 Å². The number of oxazole rings is 1. The zero-order chi connectivity index (χ0) is 21.1. The van der Waals surface area contributed by atoms with Crippen molar-refractivity contribution in [1.82, 2.24) is 14.8 Å². The van der Waals surface area contributed by atoms with Crippen molar-refractivity contribution in [2.75, 3.05) is 26.2 Å². The summed E-state index contributed by atoms with van der Waals surface area (Å²) < 4.78 is 51.3. The fourth-order valence-corrected chi connectivity index (χ4v) is 4.14. The van der Waals surface area contributed by atoms with E-state index in [1.807, 2.05) is 4.90 Å². The quantitative estimate of drug-likeness (QED) is 0.738. The van der Waals surface area contributed by atoms with Gasteiger partial charge in [0.15, 0.2) is 23.8 Å². The molecule has 2 aliphatic heterocycles. The van der Waals surface area contributed by atoms with E-state index in [9.17, 15) is 18.0 Å². The molecule has 0 bridgehead atoms. The van der Waals surface area contributed by atoms with Gasteiger partial charge in [0.1, 0.15) is 17.7 Å². The summed E-state index contributed by atoms with van der Waals surface area (Å²) in [5.74, 6) is -2.71. The second kappa shape index (κ2) is 9.07. The second-order valence-electron chi connectivity index (χ2n) is 7.86. The zero-order valence-corrected chi connectivity index (χ0v) is 16.5. The van der Waals surface area contributed by atoms with Crippen LogP contribution < -0.4 is 4.74 Å². The summed E-state index contributed by atoms with van der Waals surface area (Å²) in [6.07, 6.45) is 5.24. The van der Waals surface area contributed by atoms with Gasteiger partial charge in [-0.15, -0.1) is 0 Å². The summed E-state index contributed by atoms with van der Waals surface area (Å²) in [6, 6.07) is 1.21. The van der Waals surface area contributed by atoms with Gasteiger partial charge < -0.3 is 14.1 Å². The predicted molar refractivity (Wildman–Crippen MR) is 101 cm³/mol. The highest BCUT2D eigenvalue weighted by Gasteiger charge is 2.32. The monoisotopic (exact) mass is 423 g/mol. The Labute approximate surface area is 172 Å². The number of rotatable bonds is 5. The summed E-state index contributed by atoms with van der Waals surface area (Å²) in [7, 11) is 0. The Morgan fingerprint density at radius 1 is 1.07 bits per heavy atom. The predicted octanol–water partition coefficient (Wildman–Crippen LogP) is 3.37. The molecule has 1 amide bonds. The Hall–Kier alpha value is -2.55. The number of hydrogen-bond donors (Lipinski definition) is 0. The molecule has 30 heavy (non-hydrogen) atoms. The van der Waals surface area contributed by atoms with Gasteiger partial charge in [-0.2, -0.15) is 0 Å². The third-order valence-corrected chi connectivity index (χ3v) is 5.80. The number of benzene rings is 1. The molecule has 0 aliphatic carbocycles. The number of likely N-dealkylation sites (tertiary alicyclic amines) is 2. The largest absolute Gasteiger partial charge is 0.484 e. The van der Waals surface area contributed by atoms with Crippen LogP contribution in [0.3, 0.4) is 0 Å². The molecule has 0 saturated carbocycles. The molecule has 0 unspecified atom stereocenters. The summed E-state index contributed by atoms with van der Waals surface area (Å²) >= 11 is 0. The summed E-state index contributed by atoms with van der Waals surface area (Å²) in [5, 5.41) is 0. The maximum absolute atomic E-state index is 13.8. The van der Waals surface area contributed by atoms with Crippen LogP contribution >= 0.6 is 0 Å². The van der Waals surface area contributed by atoms with Crippen molar-refractivity contribution < 1.29 is 27.1 Å². The minimum absolute atomic E-state index is 0.0135. The minimum Gasteiger partial charge on any atom is -0.484 e. The number of nitrogens with zero attached hydrogens (tertiary/aromatic N) is 3. The summed E-state index contributed by atoms with van der Waals surface area (Å²) in [5.41, 5.74) is 0. The fourth-order valence-electron chi connectivity index (χ4n) is 4.14. The van der Waals surface area contributed by atoms with Crippen LogP contribution in [0.4, 0.5) is 13.2 Å². The minimum atomic E-state index is -1.05. The first-order valence-electron chi connectivity index (χ1n) is 10.2. The lowest BCUT2D eigenvalue weighted by Crippen LogP contribution is -2.47. The fraction of sp³-hybridized carbons (Fsp3) is 0.524. The highest BCUT2D eigenvalue weighted by Crippen LogP contribution is 2.28. The first-order valence-corrected chi connectivity index (χ1v) is 10.2. The Morgan fingerprint density at radius 2 is 1.73 bits per heavy atom. The number of ether oxygens (including phenoxy) is 1. The number of carbonyl (C=O) groups excluding carboxylic acids is 1. The van der Waals surface area contributed by atoms with Crippen LogP contribution in [0.5, 0.6) is 5.75 Å². The topological polar surface area (TPSA) is 58.8 Å². The number of carbonyl (C=O) groups is 1. The van der Waals surface area contributed by atoms with Crippen LogP contribution in [0.15, 0.2) is 29.1 Å². The molecular formula is C21H24F3N3O3. The van der Waals surface area contributed by atoms with Gasteiger partial charge in [0, 0.05) is 44.0 Å². The molecule has 9 heteroatoms. The molecule has 2 aliphatic rings. The number of aromatic nitrogens is 1. The van der Waals surface area contributed by atoms with E-state index >= 15 is 0 Å². The van der Waals surface area contributed by atoms with Crippen LogP contribution in [0.2, 0.25) is 0 Å². The van der Waals surface area contributed by atoms with Crippen molar-refractivity contribution in [2.45, 2.75) is 38.3 Å². The molecule has 4 rings (SSSR count). The Morgan fingerprint density at radius 3 is 2.33 bits per heavy atom. The maximum atomic E-state index is 13.8. The van der Waals surface area contributed by atoms with E-state index < -0.39 is 29.3 Å². The molecule has 0 spiro atoms. The third-order valence-electron chi connectivity index (χ3n) is 5.80. The van der Waals surface area contributed by atoms with E-state index in [4.69, 9.17) is 9.15 Å². The van der Waals surface area contributed by atoms with Gasteiger partial charge in [0.2, 0.25) is 5.91 Å². The molecule has 1 aromatic heterocycles. The van der Waals surface area contributed by atoms with Crippen LogP contribution in [-0.2, 0) is 11.3 Å². The van der Waals surface area contributed by atoms with Crippen molar-refractivity contribution in [3.8, 4) is 5.75 Å². The molecule has 2 fully saturated rings. The Balaban J connectivity index is 1.24. The van der Waals surface area contributed by atoms with Crippen molar-refractivity contribution in [3.63, 3.8) is 0 Å². The number of piperidine rings is 2. The van der Waals surface area contributed by atoms with Gasteiger partial charge in [-0.1, -0.05) is 0 Å². The molecule has 6 nitrogen and oxygen atoms in total. The van der Waals surface area contributed by atoms with Gasteiger partial charge in [-0.25, -0.2) is 18.2 Å². The van der Waals surface area contributed by atoms with E-state index in [1.165, 1.54) is 6.39 Å². The average molecular weight is 423 g/mol. The number of amides is 1. The van der Waals surface area contributed by atoms with Gasteiger partial charge in [-0.3, -0.25) is 9.69 Å². The lowest BCUT2D eigenvalue weighted by atomic mass is 9.94. The maximum Gasteiger partial charge on any atom is 0.225 e. The van der Waals surface area contributed by atoms with Crippen LogP contribution in [-0.4, -0.2) is 53.0 Å². The lowest BCUT2D eigenvalue weighted by Gasteiger charge is -2.37. The van der Waals surface area contributed by atoms with E-state index in [-0.39, 0.29) is 11.8 Å². The molecule has 0 N–H and O–H groups in total. The zero-order valence-electron chi connectivity index (χ0n) is 16.5. The number of hydrogen-bond acceptors (Lipinski definition) is 5. The molecule has 3 heterocycles. The average Bonchev–Trinajstić information content (AvgIpc) is 3.24. The Kier molecular flexibility index (Phi) is 6.26. The first kappa shape index (κ1) is 20.7. The van der Waals surface area contributed by atoms with Crippen LogP contribution in [0.1, 0.15) is 31.4 Å². The van der Waals surface area contributed by atoms with E-state index in [1.54, 1.807) is 6.20 Å². The normalized spacial score (nSPS) is 19.2. The Bertz CT molecular complexity index is 839. The highest BCUT2D eigenvalue weighted by atomic mass is 19.1. The molecule has 0 radical (unpaired) electrons.